The number of hydrogen-bond donors (Lipinski definition) is 1. The van der Waals surface area contributed by atoms with Crippen molar-refractivity contribution in [3.8, 4) is 0 Å². The van der Waals surface area contributed by atoms with E-state index in [0.717, 1.165) is 37.3 Å². The number of rotatable bonds is 2. The zero-order chi connectivity index (χ0) is 15.1. The number of carbonyl (C=O) groups excluding carboxylic acids is 1. The number of amides is 1. The maximum atomic E-state index is 12.6. The fourth-order valence-electron chi connectivity index (χ4n) is 3.85. The number of para-hydroxylation sites is 1. The average molecular weight is 295 g/mol. The van der Waals surface area contributed by atoms with Crippen LogP contribution in [0.1, 0.15) is 15.9 Å². The molecule has 1 amide bonds. The van der Waals surface area contributed by atoms with Gasteiger partial charge in [0.15, 0.2) is 0 Å². The second kappa shape index (κ2) is 5.20. The third-order valence-electron chi connectivity index (χ3n) is 5.08. The fraction of sp³-hybridized carbons (Fsp3) is 0.389. The number of nitrogens with one attached hydrogen (secondary N) is 1. The summed E-state index contributed by atoms with van der Waals surface area (Å²) in [6.07, 6.45) is 3.71. The molecule has 0 unspecified atom stereocenters. The first-order chi connectivity index (χ1) is 10.7. The van der Waals surface area contributed by atoms with Gasteiger partial charge in [0.1, 0.15) is 0 Å². The molecule has 0 saturated carbocycles. The summed E-state index contributed by atoms with van der Waals surface area (Å²) in [6.45, 7) is 5.88. The van der Waals surface area contributed by atoms with Crippen LogP contribution in [0.2, 0.25) is 0 Å². The highest BCUT2D eigenvalue weighted by Crippen LogP contribution is 2.34. The maximum Gasteiger partial charge on any atom is 0.255 e. The standard InChI is InChI=1S/C18H21N3O/c1-13-7-19-8-17(13)18(22)21-11-14-9-20(10-15(14)12-21)16-5-3-2-4-6-16/h2-8,14-15,19H,9-12H2,1H3/t14-,15+. The van der Waals surface area contributed by atoms with Gasteiger partial charge >= 0.3 is 0 Å². The van der Waals surface area contributed by atoms with Gasteiger partial charge in [-0.1, -0.05) is 18.2 Å². The second-order valence-electron chi connectivity index (χ2n) is 6.52. The molecule has 2 aliphatic rings. The molecule has 1 aromatic heterocycles. The summed E-state index contributed by atoms with van der Waals surface area (Å²) in [6, 6.07) is 10.6. The summed E-state index contributed by atoms with van der Waals surface area (Å²) < 4.78 is 0. The number of nitrogens with zero attached hydrogens (tertiary/aromatic N) is 2. The smallest absolute Gasteiger partial charge is 0.255 e. The van der Waals surface area contributed by atoms with Gasteiger partial charge in [-0.25, -0.2) is 0 Å². The molecule has 0 aliphatic carbocycles. The fourth-order valence-corrected chi connectivity index (χ4v) is 3.85. The number of likely N-dealkylation sites (tertiary alicyclic amines) is 1. The molecule has 4 nitrogen and oxygen atoms in total. The number of anilines is 1. The van der Waals surface area contributed by atoms with E-state index >= 15 is 0 Å². The highest BCUT2D eigenvalue weighted by molar-refractivity contribution is 5.95. The number of hydrogen-bond acceptors (Lipinski definition) is 2. The zero-order valence-corrected chi connectivity index (χ0v) is 12.8. The van der Waals surface area contributed by atoms with Crippen LogP contribution in [-0.4, -0.2) is 42.0 Å². The minimum absolute atomic E-state index is 0.180. The van der Waals surface area contributed by atoms with Crippen LogP contribution in [0.5, 0.6) is 0 Å². The average Bonchev–Trinajstić information content (AvgIpc) is 3.21. The van der Waals surface area contributed by atoms with Crippen LogP contribution in [0.25, 0.3) is 0 Å². The topological polar surface area (TPSA) is 39.3 Å². The van der Waals surface area contributed by atoms with Crippen LogP contribution < -0.4 is 4.90 Å². The van der Waals surface area contributed by atoms with Gasteiger partial charge in [0.05, 0.1) is 5.56 Å². The highest BCUT2D eigenvalue weighted by atomic mass is 16.2. The van der Waals surface area contributed by atoms with E-state index < -0.39 is 0 Å². The van der Waals surface area contributed by atoms with Crippen LogP contribution >= 0.6 is 0 Å². The van der Waals surface area contributed by atoms with Crippen molar-refractivity contribution >= 4 is 11.6 Å². The van der Waals surface area contributed by atoms with Crippen molar-refractivity contribution in [3.63, 3.8) is 0 Å². The SMILES string of the molecule is Cc1c[nH]cc1C(=O)N1C[C@@H]2CN(c3ccccc3)C[C@@H]2C1. The van der Waals surface area contributed by atoms with Crippen molar-refractivity contribution in [1.82, 2.24) is 9.88 Å². The largest absolute Gasteiger partial charge is 0.371 e. The van der Waals surface area contributed by atoms with E-state index in [4.69, 9.17) is 0 Å². The molecule has 2 aromatic rings. The summed E-state index contributed by atoms with van der Waals surface area (Å²) in [4.78, 5) is 20.1. The molecule has 4 rings (SSSR count). The Bertz CT molecular complexity index is 665. The Labute approximate surface area is 130 Å². The van der Waals surface area contributed by atoms with Gasteiger partial charge < -0.3 is 14.8 Å². The Hall–Kier alpha value is -2.23. The molecule has 1 N–H and O–H groups in total. The molecular weight excluding hydrogens is 274 g/mol. The van der Waals surface area contributed by atoms with E-state index in [1.54, 1.807) is 0 Å². The van der Waals surface area contributed by atoms with Crippen LogP contribution in [-0.2, 0) is 0 Å². The van der Waals surface area contributed by atoms with Crippen LogP contribution in [0.3, 0.4) is 0 Å². The molecular formula is C18H21N3O. The summed E-state index contributed by atoms with van der Waals surface area (Å²) >= 11 is 0. The predicted octanol–water partition coefficient (Wildman–Crippen LogP) is 2.53. The van der Waals surface area contributed by atoms with Crippen molar-refractivity contribution in [2.45, 2.75) is 6.92 Å². The molecule has 4 heteroatoms. The van der Waals surface area contributed by atoms with E-state index in [9.17, 15) is 4.79 Å². The van der Waals surface area contributed by atoms with Crippen molar-refractivity contribution in [2.75, 3.05) is 31.1 Å². The van der Waals surface area contributed by atoms with Crippen molar-refractivity contribution in [3.05, 3.63) is 53.9 Å². The molecule has 3 heterocycles. The molecule has 2 saturated heterocycles. The second-order valence-corrected chi connectivity index (χ2v) is 6.52. The third kappa shape index (κ3) is 2.19. The van der Waals surface area contributed by atoms with E-state index in [2.05, 4.69) is 40.2 Å². The minimum atomic E-state index is 0.180. The number of aryl methyl sites for hydroxylation is 1. The first-order valence-corrected chi connectivity index (χ1v) is 7.95. The predicted molar refractivity (Wildman–Crippen MR) is 87.1 cm³/mol. The van der Waals surface area contributed by atoms with Crippen LogP contribution in [0, 0.1) is 18.8 Å². The molecule has 22 heavy (non-hydrogen) atoms. The number of fused-ring (bicyclic) bond motifs is 1. The highest BCUT2D eigenvalue weighted by Gasteiger charge is 2.41. The molecule has 0 spiro atoms. The van der Waals surface area contributed by atoms with E-state index in [1.165, 1.54) is 5.69 Å². The molecule has 2 aliphatic heterocycles. The van der Waals surface area contributed by atoms with Crippen molar-refractivity contribution in [1.29, 1.82) is 0 Å². The van der Waals surface area contributed by atoms with Crippen molar-refractivity contribution in [2.24, 2.45) is 11.8 Å². The summed E-state index contributed by atoms with van der Waals surface area (Å²) in [5.74, 6) is 1.38. The summed E-state index contributed by atoms with van der Waals surface area (Å²) in [5, 5.41) is 0. The lowest BCUT2D eigenvalue weighted by atomic mass is 10.0. The van der Waals surface area contributed by atoms with Gasteiger partial charge in [0.2, 0.25) is 0 Å². The minimum Gasteiger partial charge on any atom is -0.371 e. The number of aromatic nitrogens is 1. The van der Waals surface area contributed by atoms with Gasteiger partial charge in [-0.2, -0.15) is 0 Å². The lowest BCUT2D eigenvalue weighted by Crippen LogP contribution is -2.33. The number of aromatic amines is 1. The lowest BCUT2D eigenvalue weighted by molar-refractivity contribution is 0.0782. The Morgan fingerprint density at radius 3 is 2.32 bits per heavy atom. The Balaban J connectivity index is 1.44. The maximum absolute atomic E-state index is 12.6. The summed E-state index contributed by atoms with van der Waals surface area (Å²) in [5.41, 5.74) is 3.16. The first kappa shape index (κ1) is 13.4. The molecule has 2 fully saturated rings. The molecule has 114 valence electrons. The lowest BCUT2D eigenvalue weighted by Gasteiger charge is -2.23. The Morgan fingerprint density at radius 2 is 1.73 bits per heavy atom. The molecule has 2 atom stereocenters. The summed E-state index contributed by atoms with van der Waals surface area (Å²) in [7, 11) is 0. The first-order valence-electron chi connectivity index (χ1n) is 7.95. The van der Waals surface area contributed by atoms with Gasteiger partial charge in [-0.3, -0.25) is 4.79 Å². The number of H-pyrrole nitrogens is 1. The molecule has 1 aromatic carbocycles. The monoisotopic (exact) mass is 295 g/mol. The molecule has 0 radical (unpaired) electrons. The Kier molecular flexibility index (Phi) is 3.17. The van der Waals surface area contributed by atoms with Gasteiger partial charge in [-0.05, 0) is 24.6 Å². The number of carbonyl (C=O) groups is 1. The third-order valence-corrected chi connectivity index (χ3v) is 5.08. The van der Waals surface area contributed by atoms with E-state index in [-0.39, 0.29) is 5.91 Å². The van der Waals surface area contributed by atoms with Gasteiger partial charge in [0.25, 0.3) is 5.91 Å². The van der Waals surface area contributed by atoms with Crippen LogP contribution in [0.15, 0.2) is 42.7 Å². The quantitative estimate of drug-likeness (QED) is 0.925. The van der Waals surface area contributed by atoms with Gasteiger partial charge in [-0.15, -0.1) is 0 Å². The normalized spacial score (nSPS) is 23.9. The molecule has 0 bridgehead atoms. The number of benzene rings is 1. The Morgan fingerprint density at radius 1 is 1.05 bits per heavy atom. The zero-order valence-electron chi connectivity index (χ0n) is 12.8. The van der Waals surface area contributed by atoms with E-state index in [0.29, 0.717) is 11.8 Å². The van der Waals surface area contributed by atoms with Crippen LogP contribution in [0.4, 0.5) is 5.69 Å². The van der Waals surface area contributed by atoms with Crippen molar-refractivity contribution < 1.29 is 4.79 Å². The van der Waals surface area contributed by atoms with E-state index in [1.807, 2.05) is 24.2 Å². The van der Waals surface area contributed by atoms with Gasteiger partial charge in [0, 0.05) is 56.1 Å².